The molecule has 3 nitrogen and oxygen atoms in total. The van der Waals surface area contributed by atoms with E-state index in [1.54, 1.807) is 7.11 Å². The lowest BCUT2D eigenvalue weighted by Crippen LogP contribution is -2.36. The van der Waals surface area contributed by atoms with E-state index < -0.39 is 11.6 Å². The molecule has 25 heavy (non-hydrogen) atoms. The minimum atomic E-state index is -0.651. The molecular formula is C20H25F2NO2. The molecule has 0 saturated heterocycles. The van der Waals surface area contributed by atoms with Gasteiger partial charge in [-0.15, -0.1) is 0 Å². The van der Waals surface area contributed by atoms with Crippen molar-refractivity contribution in [2.75, 3.05) is 20.8 Å². The molecule has 0 saturated carbocycles. The van der Waals surface area contributed by atoms with Crippen LogP contribution in [0.25, 0.3) is 0 Å². The number of nitrogens with zero attached hydrogens (tertiary/aromatic N) is 1. The quantitative estimate of drug-likeness (QED) is 0.708. The van der Waals surface area contributed by atoms with E-state index in [4.69, 9.17) is 9.47 Å². The first kappa shape index (κ1) is 19.3. The molecule has 1 unspecified atom stereocenters. The van der Waals surface area contributed by atoms with Gasteiger partial charge < -0.3 is 9.47 Å². The zero-order chi connectivity index (χ0) is 18.4. The predicted molar refractivity (Wildman–Crippen MR) is 94.7 cm³/mol. The van der Waals surface area contributed by atoms with Gasteiger partial charge in [-0.25, -0.2) is 8.78 Å². The van der Waals surface area contributed by atoms with Crippen molar-refractivity contribution >= 4 is 0 Å². The normalized spacial score (nSPS) is 12.4. The number of hydrogen-bond donors (Lipinski definition) is 0. The van der Waals surface area contributed by atoms with Crippen LogP contribution in [-0.4, -0.2) is 31.8 Å². The van der Waals surface area contributed by atoms with Crippen LogP contribution < -0.4 is 4.74 Å². The van der Waals surface area contributed by atoms with Gasteiger partial charge in [0, 0.05) is 31.8 Å². The molecule has 136 valence electrons. The van der Waals surface area contributed by atoms with Crippen LogP contribution in [0.2, 0.25) is 0 Å². The molecule has 0 aromatic heterocycles. The van der Waals surface area contributed by atoms with Gasteiger partial charge in [0.1, 0.15) is 5.82 Å². The lowest BCUT2D eigenvalue weighted by atomic mass is 10.1. The number of methoxy groups -OCH3 is 2. The van der Waals surface area contributed by atoms with E-state index in [-0.39, 0.29) is 23.9 Å². The summed E-state index contributed by atoms with van der Waals surface area (Å²) in [4.78, 5) is 2.01. The van der Waals surface area contributed by atoms with E-state index in [1.807, 2.05) is 43.0 Å². The van der Waals surface area contributed by atoms with Gasteiger partial charge in [0.15, 0.2) is 11.6 Å². The van der Waals surface area contributed by atoms with E-state index in [2.05, 4.69) is 0 Å². The number of halogens is 2. The van der Waals surface area contributed by atoms with Gasteiger partial charge in [-0.2, -0.15) is 0 Å². The summed E-state index contributed by atoms with van der Waals surface area (Å²) in [6, 6.07) is 10.5. The maximum absolute atomic E-state index is 14.5. The van der Waals surface area contributed by atoms with Gasteiger partial charge >= 0.3 is 0 Å². The molecule has 0 N–H and O–H groups in total. The topological polar surface area (TPSA) is 21.7 Å². The van der Waals surface area contributed by atoms with Crippen molar-refractivity contribution in [3.63, 3.8) is 0 Å². The molecule has 5 heteroatoms. The Kier molecular flexibility index (Phi) is 6.91. The Bertz CT molecular complexity index is 706. The molecule has 2 aromatic rings. The summed E-state index contributed by atoms with van der Waals surface area (Å²) in [5, 5.41) is 0. The average molecular weight is 349 g/mol. The highest BCUT2D eigenvalue weighted by molar-refractivity contribution is 5.32. The molecule has 0 aliphatic heterocycles. The van der Waals surface area contributed by atoms with E-state index in [9.17, 15) is 8.78 Å². The highest BCUT2D eigenvalue weighted by Crippen LogP contribution is 2.26. The molecule has 0 radical (unpaired) electrons. The highest BCUT2D eigenvalue weighted by atomic mass is 19.1. The van der Waals surface area contributed by atoms with Crippen LogP contribution in [0, 0.1) is 18.6 Å². The summed E-state index contributed by atoms with van der Waals surface area (Å²) < 4.78 is 39.0. The first-order valence-electron chi connectivity index (χ1n) is 8.26. The van der Waals surface area contributed by atoms with Gasteiger partial charge in [-0.05, 0) is 37.1 Å². The van der Waals surface area contributed by atoms with Gasteiger partial charge in [0.25, 0.3) is 0 Å². The third-order valence-corrected chi connectivity index (χ3v) is 4.40. The maximum atomic E-state index is 14.5. The van der Waals surface area contributed by atoms with Gasteiger partial charge in [-0.1, -0.05) is 24.3 Å². The molecule has 2 aromatic carbocycles. The van der Waals surface area contributed by atoms with E-state index in [0.29, 0.717) is 13.2 Å². The molecule has 0 bridgehead atoms. The molecule has 0 heterocycles. The van der Waals surface area contributed by atoms with Crippen LogP contribution in [0.15, 0.2) is 36.4 Å². The highest BCUT2D eigenvalue weighted by Gasteiger charge is 2.21. The number of rotatable bonds is 8. The fourth-order valence-electron chi connectivity index (χ4n) is 2.80. The smallest absolute Gasteiger partial charge is 0.172 e. The van der Waals surface area contributed by atoms with E-state index >= 15 is 0 Å². The van der Waals surface area contributed by atoms with E-state index in [1.165, 1.54) is 19.2 Å². The first-order chi connectivity index (χ1) is 12.0. The molecule has 0 fully saturated rings. The van der Waals surface area contributed by atoms with Crippen LogP contribution in [0.1, 0.15) is 23.6 Å². The Morgan fingerprint density at radius 2 is 1.76 bits per heavy atom. The summed E-state index contributed by atoms with van der Waals surface area (Å²) in [5.74, 6) is -1.17. The zero-order valence-corrected chi connectivity index (χ0v) is 15.2. The second kappa shape index (κ2) is 8.92. The summed E-state index contributed by atoms with van der Waals surface area (Å²) in [6.45, 7) is 5.19. The van der Waals surface area contributed by atoms with Crippen molar-refractivity contribution in [2.24, 2.45) is 0 Å². The Hall–Kier alpha value is -1.98. The number of benzene rings is 2. The molecule has 0 aliphatic carbocycles. The minimum Gasteiger partial charge on any atom is -0.494 e. The van der Waals surface area contributed by atoms with Gasteiger partial charge in [0.05, 0.1) is 13.7 Å². The molecule has 2 rings (SSSR count). The summed E-state index contributed by atoms with van der Waals surface area (Å²) in [5.41, 5.74) is 2.27. The third-order valence-electron chi connectivity index (χ3n) is 4.40. The lowest BCUT2D eigenvalue weighted by Gasteiger charge is -2.29. The maximum Gasteiger partial charge on any atom is 0.172 e. The second-order valence-corrected chi connectivity index (χ2v) is 6.18. The van der Waals surface area contributed by atoms with Crippen LogP contribution >= 0.6 is 0 Å². The molecule has 1 atom stereocenters. The average Bonchev–Trinajstić information content (AvgIpc) is 2.59. The molecule has 0 aliphatic rings. The van der Waals surface area contributed by atoms with E-state index in [0.717, 1.165) is 11.1 Å². The molecule has 0 spiro atoms. The summed E-state index contributed by atoms with van der Waals surface area (Å²) in [7, 11) is 2.99. The number of ether oxygens (including phenoxy) is 2. The van der Waals surface area contributed by atoms with Crippen molar-refractivity contribution in [3.8, 4) is 5.75 Å². The zero-order valence-electron chi connectivity index (χ0n) is 15.2. The summed E-state index contributed by atoms with van der Waals surface area (Å²) in [6.07, 6.45) is 0. The fourth-order valence-corrected chi connectivity index (χ4v) is 2.80. The largest absolute Gasteiger partial charge is 0.494 e. The van der Waals surface area contributed by atoms with Crippen LogP contribution in [-0.2, 0) is 17.8 Å². The third kappa shape index (κ3) is 4.77. The monoisotopic (exact) mass is 349 g/mol. The number of hydrogen-bond acceptors (Lipinski definition) is 3. The Morgan fingerprint density at radius 1 is 1.04 bits per heavy atom. The van der Waals surface area contributed by atoms with Crippen molar-refractivity contribution in [2.45, 2.75) is 33.0 Å². The molecular weight excluding hydrogens is 324 g/mol. The first-order valence-corrected chi connectivity index (χ1v) is 8.26. The van der Waals surface area contributed by atoms with Crippen LogP contribution in [0.4, 0.5) is 8.78 Å². The fraction of sp³-hybridized carbons (Fsp3) is 0.400. The van der Waals surface area contributed by atoms with Crippen molar-refractivity contribution in [1.82, 2.24) is 4.90 Å². The Labute approximate surface area is 148 Å². The van der Waals surface area contributed by atoms with Crippen LogP contribution in [0.5, 0.6) is 5.75 Å². The number of aryl methyl sites for hydroxylation is 1. The van der Waals surface area contributed by atoms with Gasteiger partial charge in [-0.3, -0.25) is 4.90 Å². The SMILES string of the molecule is COCC(C)N(Cc1ccccc1C)Cc1c(F)ccc(OC)c1F. The second-order valence-electron chi connectivity index (χ2n) is 6.18. The lowest BCUT2D eigenvalue weighted by molar-refractivity contribution is 0.0876. The van der Waals surface area contributed by atoms with Crippen molar-refractivity contribution in [3.05, 3.63) is 64.7 Å². The Morgan fingerprint density at radius 3 is 2.40 bits per heavy atom. The predicted octanol–water partition coefficient (Wildman–Crippen LogP) is 4.32. The van der Waals surface area contributed by atoms with Crippen molar-refractivity contribution < 1.29 is 18.3 Å². The van der Waals surface area contributed by atoms with Crippen LogP contribution in [0.3, 0.4) is 0 Å². The molecule has 0 amide bonds. The minimum absolute atomic E-state index is 0.00499. The van der Waals surface area contributed by atoms with Gasteiger partial charge in [0.2, 0.25) is 0 Å². The summed E-state index contributed by atoms with van der Waals surface area (Å²) >= 11 is 0. The standard InChI is InChI=1S/C20H25F2NO2/c1-14-7-5-6-8-16(14)11-23(15(2)13-24-3)12-17-18(21)9-10-19(25-4)20(17)22/h5-10,15H,11-13H2,1-4H3. The van der Waals surface area contributed by atoms with Crippen molar-refractivity contribution in [1.29, 1.82) is 0 Å². The Balaban J connectivity index is 2.32.